The molecule has 26 heavy (non-hydrogen) atoms. The molecule has 5 nitrogen and oxygen atoms in total. The largest absolute Gasteiger partial charge is 0.459 e. The smallest absolute Gasteiger partial charge is 0.289 e. The summed E-state index contributed by atoms with van der Waals surface area (Å²) in [5.74, 6) is -0.539. The molecule has 7 heteroatoms. The lowest BCUT2D eigenvalue weighted by molar-refractivity contribution is 0.0753. The highest BCUT2D eigenvalue weighted by Crippen LogP contribution is 2.23. The van der Waals surface area contributed by atoms with E-state index in [1.165, 1.54) is 17.2 Å². The monoisotopic (exact) mass is 389 g/mol. The first kappa shape index (κ1) is 18.4. The number of amides is 1. The van der Waals surface area contributed by atoms with E-state index in [-0.39, 0.29) is 22.3 Å². The molecule has 0 spiro atoms. The Balaban J connectivity index is 1.80. The van der Waals surface area contributed by atoms with Gasteiger partial charge in [-0.25, -0.2) is 8.42 Å². The number of rotatable bonds is 6. The van der Waals surface area contributed by atoms with Crippen molar-refractivity contribution in [2.75, 3.05) is 7.05 Å². The van der Waals surface area contributed by atoms with E-state index >= 15 is 0 Å². The number of hydrogen-bond acceptors (Lipinski definition) is 5. The number of aryl methyl sites for hydroxylation is 1. The topological polar surface area (TPSA) is 67.6 Å². The maximum Gasteiger partial charge on any atom is 0.289 e. The molecule has 0 fully saturated rings. The third kappa shape index (κ3) is 3.89. The summed E-state index contributed by atoms with van der Waals surface area (Å²) < 4.78 is 30.5. The van der Waals surface area contributed by atoms with Gasteiger partial charge in [0.05, 0.1) is 23.5 Å². The summed E-state index contributed by atoms with van der Waals surface area (Å²) in [6, 6.07) is 11.7. The zero-order valence-electron chi connectivity index (χ0n) is 14.5. The molecule has 0 N–H and O–H groups in total. The minimum atomic E-state index is -3.55. The number of benzene rings is 1. The molecule has 0 saturated heterocycles. The fourth-order valence-corrected chi connectivity index (χ4v) is 4.91. The SMILES string of the molecule is Cc1ccsc1CN(C)C(=O)c1occc1CS(=O)(=O)c1ccccc1. The molecule has 0 saturated carbocycles. The van der Waals surface area contributed by atoms with Crippen molar-refractivity contribution in [2.24, 2.45) is 0 Å². The van der Waals surface area contributed by atoms with E-state index in [4.69, 9.17) is 4.42 Å². The van der Waals surface area contributed by atoms with E-state index in [1.807, 2.05) is 18.4 Å². The zero-order valence-corrected chi connectivity index (χ0v) is 16.1. The van der Waals surface area contributed by atoms with Gasteiger partial charge in [0.1, 0.15) is 0 Å². The number of carbonyl (C=O) groups is 1. The molecule has 1 amide bonds. The van der Waals surface area contributed by atoms with Crippen LogP contribution in [-0.4, -0.2) is 26.3 Å². The summed E-state index contributed by atoms with van der Waals surface area (Å²) in [5.41, 5.74) is 1.49. The second-order valence-corrected chi connectivity index (χ2v) is 9.03. The van der Waals surface area contributed by atoms with E-state index in [1.54, 1.807) is 48.7 Å². The molecule has 0 atom stereocenters. The van der Waals surface area contributed by atoms with Crippen LogP contribution in [-0.2, 0) is 22.1 Å². The van der Waals surface area contributed by atoms with Crippen molar-refractivity contribution in [1.29, 1.82) is 0 Å². The summed E-state index contributed by atoms with van der Waals surface area (Å²) in [6.07, 6.45) is 1.35. The maximum atomic E-state index is 12.7. The van der Waals surface area contributed by atoms with Crippen molar-refractivity contribution < 1.29 is 17.6 Å². The first-order valence-corrected chi connectivity index (χ1v) is 10.5. The molecule has 3 aromatic rings. The van der Waals surface area contributed by atoms with Gasteiger partial charge in [-0.05, 0) is 42.1 Å². The Kier molecular flexibility index (Phi) is 5.29. The second kappa shape index (κ2) is 7.47. The normalized spacial score (nSPS) is 11.5. The van der Waals surface area contributed by atoms with E-state index in [0.717, 1.165) is 10.4 Å². The fourth-order valence-electron chi connectivity index (χ4n) is 2.58. The van der Waals surface area contributed by atoms with Crippen molar-refractivity contribution in [3.63, 3.8) is 0 Å². The Labute approximate surface area is 156 Å². The maximum absolute atomic E-state index is 12.7. The standard InChI is InChI=1S/C19H19NO4S2/c1-14-9-11-25-17(14)12-20(2)19(21)18-15(8-10-24-18)13-26(22,23)16-6-4-3-5-7-16/h3-11H,12-13H2,1-2H3. The third-order valence-electron chi connectivity index (χ3n) is 4.08. The fraction of sp³-hybridized carbons (Fsp3) is 0.211. The summed E-state index contributed by atoms with van der Waals surface area (Å²) in [4.78, 5) is 15.6. The molecule has 0 aliphatic heterocycles. The van der Waals surface area contributed by atoms with Crippen molar-refractivity contribution in [3.05, 3.63) is 75.9 Å². The molecule has 0 unspecified atom stereocenters. The average Bonchev–Trinajstić information content (AvgIpc) is 3.24. The van der Waals surface area contributed by atoms with Gasteiger partial charge >= 0.3 is 0 Å². The van der Waals surface area contributed by atoms with Crippen molar-refractivity contribution in [1.82, 2.24) is 4.90 Å². The molecular weight excluding hydrogens is 370 g/mol. The highest BCUT2D eigenvalue weighted by atomic mass is 32.2. The van der Waals surface area contributed by atoms with Crippen LogP contribution in [0.3, 0.4) is 0 Å². The predicted molar refractivity (Wildman–Crippen MR) is 101 cm³/mol. The number of hydrogen-bond donors (Lipinski definition) is 0. The van der Waals surface area contributed by atoms with Gasteiger partial charge in [0.15, 0.2) is 15.6 Å². The zero-order chi connectivity index (χ0) is 18.7. The van der Waals surface area contributed by atoms with Crippen LogP contribution >= 0.6 is 11.3 Å². The first-order chi connectivity index (χ1) is 12.4. The van der Waals surface area contributed by atoms with Crippen LogP contribution in [0.2, 0.25) is 0 Å². The Morgan fingerprint density at radius 2 is 1.88 bits per heavy atom. The number of carbonyl (C=O) groups excluding carboxylic acids is 1. The van der Waals surface area contributed by atoms with Gasteiger partial charge in [-0.15, -0.1) is 11.3 Å². The molecule has 2 aromatic heterocycles. The van der Waals surface area contributed by atoms with Crippen LogP contribution < -0.4 is 0 Å². The lowest BCUT2D eigenvalue weighted by atomic mass is 10.2. The number of nitrogens with zero attached hydrogens (tertiary/aromatic N) is 1. The van der Waals surface area contributed by atoms with Crippen LogP contribution in [0.4, 0.5) is 0 Å². The van der Waals surface area contributed by atoms with E-state index < -0.39 is 9.84 Å². The number of furan rings is 1. The lowest BCUT2D eigenvalue weighted by Crippen LogP contribution is -2.26. The molecule has 2 heterocycles. The van der Waals surface area contributed by atoms with Crippen LogP contribution in [0.1, 0.15) is 26.6 Å². The van der Waals surface area contributed by atoms with Crippen LogP contribution in [0.25, 0.3) is 0 Å². The van der Waals surface area contributed by atoms with Gasteiger partial charge in [-0.3, -0.25) is 4.79 Å². The van der Waals surface area contributed by atoms with Gasteiger partial charge in [0.25, 0.3) is 5.91 Å². The molecule has 0 bridgehead atoms. The van der Waals surface area contributed by atoms with Crippen LogP contribution in [0, 0.1) is 6.92 Å². The van der Waals surface area contributed by atoms with Crippen molar-refractivity contribution in [3.8, 4) is 0 Å². The quantitative estimate of drug-likeness (QED) is 0.641. The van der Waals surface area contributed by atoms with Crippen LogP contribution in [0.5, 0.6) is 0 Å². The van der Waals surface area contributed by atoms with Gasteiger partial charge in [0, 0.05) is 17.5 Å². The Morgan fingerprint density at radius 1 is 1.15 bits per heavy atom. The van der Waals surface area contributed by atoms with Gasteiger partial charge < -0.3 is 9.32 Å². The molecular formula is C19H19NO4S2. The summed E-state index contributed by atoms with van der Waals surface area (Å²) >= 11 is 1.58. The number of thiophene rings is 1. The first-order valence-electron chi connectivity index (χ1n) is 8.01. The van der Waals surface area contributed by atoms with Gasteiger partial charge in [-0.1, -0.05) is 18.2 Å². The second-order valence-electron chi connectivity index (χ2n) is 6.04. The summed E-state index contributed by atoms with van der Waals surface area (Å²) in [7, 11) is -1.87. The Hall–Kier alpha value is -2.38. The molecule has 0 aliphatic rings. The molecule has 1 aromatic carbocycles. The minimum Gasteiger partial charge on any atom is -0.459 e. The van der Waals surface area contributed by atoms with Crippen molar-refractivity contribution >= 4 is 27.1 Å². The van der Waals surface area contributed by atoms with Crippen LogP contribution in [0.15, 0.2) is 63.4 Å². The Morgan fingerprint density at radius 3 is 2.54 bits per heavy atom. The molecule has 3 rings (SSSR count). The lowest BCUT2D eigenvalue weighted by Gasteiger charge is -2.16. The average molecular weight is 389 g/mol. The molecule has 136 valence electrons. The number of sulfone groups is 1. The molecule has 0 aliphatic carbocycles. The predicted octanol–water partition coefficient (Wildman–Crippen LogP) is 3.90. The highest BCUT2D eigenvalue weighted by molar-refractivity contribution is 7.90. The summed E-state index contributed by atoms with van der Waals surface area (Å²) in [5, 5.41) is 1.98. The van der Waals surface area contributed by atoms with Crippen molar-refractivity contribution in [2.45, 2.75) is 24.1 Å². The highest BCUT2D eigenvalue weighted by Gasteiger charge is 2.24. The minimum absolute atomic E-state index is 0.0706. The Bertz CT molecular complexity index is 1000. The van der Waals surface area contributed by atoms with E-state index in [0.29, 0.717) is 12.1 Å². The van der Waals surface area contributed by atoms with E-state index in [9.17, 15) is 13.2 Å². The van der Waals surface area contributed by atoms with E-state index in [2.05, 4.69) is 0 Å². The van der Waals surface area contributed by atoms with Gasteiger partial charge in [-0.2, -0.15) is 0 Å². The summed E-state index contributed by atoms with van der Waals surface area (Å²) in [6.45, 7) is 2.45. The van der Waals surface area contributed by atoms with Gasteiger partial charge in [0.2, 0.25) is 0 Å². The molecule has 0 radical (unpaired) electrons. The third-order valence-corrected chi connectivity index (χ3v) is 6.77.